The van der Waals surface area contributed by atoms with Crippen LogP contribution in [-0.4, -0.2) is 84.1 Å². The number of carbonyl (C=O) groups excluding carboxylic acids is 6. The first kappa shape index (κ1) is 37.4. The van der Waals surface area contributed by atoms with E-state index in [9.17, 15) is 28.8 Å². The lowest BCUT2D eigenvalue weighted by atomic mass is 9.97. The van der Waals surface area contributed by atoms with Gasteiger partial charge in [0.2, 0.25) is 17.7 Å². The molecule has 1 saturated carbocycles. The van der Waals surface area contributed by atoms with Gasteiger partial charge in [-0.25, -0.2) is 9.59 Å². The molecule has 258 valence electrons. The summed E-state index contributed by atoms with van der Waals surface area (Å²) in [7, 11) is 0. The smallest absolute Gasteiger partial charge is 0.408 e. The number of rotatable bonds is 16. The molecule has 2 fully saturated rings. The van der Waals surface area contributed by atoms with Crippen LogP contribution in [0.15, 0.2) is 42.5 Å². The Morgan fingerprint density at radius 2 is 1.79 bits per heavy atom. The van der Waals surface area contributed by atoms with Crippen molar-refractivity contribution in [2.75, 3.05) is 25.2 Å². The van der Waals surface area contributed by atoms with E-state index in [-0.39, 0.29) is 37.4 Å². The first-order valence-corrected chi connectivity index (χ1v) is 17.1. The van der Waals surface area contributed by atoms with Crippen LogP contribution in [0.4, 0.5) is 4.79 Å². The van der Waals surface area contributed by atoms with Crippen molar-refractivity contribution in [2.45, 2.75) is 83.2 Å². The van der Waals surface area contributed by atoms with Gasteiger partial charge in [0.05, 0.1) is 18.6 Å². The molecule has 13 nitrogen and oxygen atoms in total. The standard InChI is InChI=1S/C33H46N4O9S/c1-6-44-26(38)12-15-33(19-23(33)22-13-16-34-28(22)40)37-30(42)24(14-17-47-5)35-29(41)25(18-27(39)46-32(2,3)4)36-31(43)45-20-21-10-8-7-9-11-21/h7-12,15,22-25H,6,13-14,16-20H2,1-5H3,(H,34,40)(H,35,41)(H,36,43)(H,37,42)/b15-12+/t22-,23?,24-,25-,33?/m0/s1. The van der Waals surface area contributed by atoms with Gasteiger partial charge < -0.3 is 35.5 Å². The molecule has 1 aromatic carbocycles. The lowest BCUT2D eigenvalue weighted by Crippen LogP contribution is -2.56. The van der Waals surface area contributed by atoms with E-state index in [0.717, 1.165) is 5.56 Å². The van der Waals surface area contributed by atoms with E-state index in [1.807, 2.05) is 12.3 Å². The molecule has 2 aliphatic rings. The van der Waals surface area contributed by atoms with Crippen molar-refractivity contribution >= 4 is 47.5 Å². The predicted octanol–water partition coefficient (Wildman–Crippen LogP) is 2.38. The Bertz CT molecular complexity index is 1320. The van der Waals surface area contributed by atoms with E-state index in [4.69, 9.17) is 14.2 Å². The fourth-order valence-corrected chi connectivity index (χ4v) is 5.82. The van der Waals surface area contributed by atoms with Crippen molar-refractivity contribution in [1.82, 2.24) is 21.3 Å². The van der Waals surface area contributed by atoms with Crippen LogP contribution >= 0.6 is 11.8 Å². The van der Waals surface area contributed by atoms with Gasteiger partial charge in [-0.2, -0.15) is 11.8 Å². The third kappa shape index (κ3) is 11.9. The molecule has 4 N–H and O–H groups in total. The number of nitrogens with one attached hydrogen (secondary N) is 4. The Kier molecular flexibility index (Phi) is 13.7. The highest BCUT2D eigenvalue weighted by Gasteiger charge is 2.59. The fraction of sp³-hybridized carbons (Fsp3) is 0.576. The number of hydrogen-bond donors (Lipinski definition) is 4. The van der Waals surface area contributed by atoms with Crippen molar-refractivity contribution in [3.8, 4) is 0 Å². The average Bonchev–Trinajstić information content (AvgIpc) is 3.53. The van der Waals surface area contributed by atoms with Gasteiger partial charge in [0.25, 0.3) is 0 Å². The lowest BCUT2D eigenvalue weighted by Gasteiger charge is -2.26. The summed E-state index contributed by atoms with van der Waals surface area (Å²) in [6.45, 7) is 7.35. The molecule has 1 heterocycles. The van der Waals surface area contributed by atoms with Gasteiger partial charge in [-0.3, -0.25) is 19.2 Å². The zero-order valence-corrected chi connectivity index (χ0v) is 28.4. The second-order valence-electron chi connectivity index (χ2n) is 12.5. The molecule has 0 aromatic heterocycles. The van der Waals surface area contributed by atoms with E-state index in [1.54, 1.807) is 58.0 Å². The van der Waals surface area contributed by atoms with Crippen molar-refractivity contribution in [3.05, 3.63) is 48.0 Å². The van der Waals surface area contributed by atoms with E-state index in [2.05, 4.69) is 21.3 Å². The monoisotopic (exact) mass is 674 g/mol. The van der Waals surface area contributed by atoms with Crippen molar-refractivity contribution in [3.63, 3.8) is 0 Å². The molecule has 14 heteroatoms. The lowest BCUT2D eigenvalue weighted by molar-refractivity contribution is -0.156. The average molecular weight is 675 g/mol. The maximum absolute atomic E-state index is 13.8. The SMILES string of the molecule is CCOC(=O)/C=C/C1(NC(=O)[C@H](CCSC)NC(=O)[C@H](CC(=O)OC(C)(C)C)NC(=O)OCc2ccccc2)CC1[C@@H]1CCNC1=O. The molecule has 1 saturated heterocycles. The number of esters is 2. The largest absolute Gasteiger partial charge is 0.463 e. The second-order valence-corrected chi connectivity index (χ2v) is 13.5. The second kappa shape index (κ2) is 17.2. The van der Waals surface area contributed by atoms with Gasteiger partial charge in [-0.15, -0.1) is 0 Å². The highest BCUT2D eigenvalue weighted by Crippen LogP contribution is 2.51. The van der Waals surface area contributed by atoms with Crippen LogP contribution in [0.1, 0.15) is 58.9 Å². The molecule has 5 atom stereocenters. The molecule has 2 unspecified atom stereocenters. The maximum atomic E-state index is 13.8. The van der Waals surface area contributed by atoms with Crippen LogP contribution in [0, 0.1) is 11.8 Å². The maximum Gasteiger partial charge on any atom is 0.408 e. The number of thioether (sulfide) groups is 1. The van der Waals surface area contributed by atoms with Crippen molar-refractivity contribution in [1.29, 1.82) is 0 Å². The summed E-state index contributed by atoms with van der Waals surface area (Å²) < 4.78 is 15.7. The Morgan fingerprint density at radius 1 is 1.06 bits per heavy atom. The Balaban J connectivity index is 1.77. The number of hydrogen-bond acceptors (Lipinski definition) is 10. The Labute approximate surface area is 279 Å². The quantitative estimate of drug-likeness (QED) is 0.116. The molecule has 0 spiro atoms. The molecule has 1 aliphatic heterocycles. The van der Waals surface area contributed by atoms with Crippen LogP contribution in [0.25, 0.3) is 0 Å². The summed E-state index contributed by atoms with van der Waals surface area (Å²) in [6, 6.07) is 6.46. The van der Waals surface area contributed by atoms with Crippen LogP contribution < -0.4 is 21.3 Å². The van der Waals surface area contributed by atoms with Gasteiger partial charge in [-0.1, -0.05) is 36.4 Å². The molecule has 3 rings (SSSR count). The van der Waals surface area contributed by atoms with Gasteiger partial charge in [0.1, 0.15) is 24.3 Å². The molecule has 0 radical (unpaired) electrons. The molecular formula is C33H46N4O9S. The highest BCUT2D eigenvalue weighted by molar-refractivity contribution is 7.98. The first-order valence-electron chi connectivity index (χ1n) is 15.7. The number of ether oxygens (including phenoxy) is 3. The third-order valence-electron chi connectivity index (χ3n) is 7.65. The summed E-state index contributed by atoms with van der Waals surface area (Å²) >= 11 is 1.47. The van der Waals surface area contributed by atoms with E-state index < -0.39 is 59.5 Å². The summed E-state index contributed by atoms with van der Waals surface area (Å²) in [6.07, 6.45) is 4.46. The topological polar surface area (TPSA) is 178 Å². The summed E-state index contributed by atoms with van der Waals surface area (Å²) in [4.78, 5) is 77.5. The van der Waals surface area contributed by atoms with Gasteiger partial charge in [0.15, 0.2) is 0 Å². The molecule has 47 heavy (non-hydrogen) atoms. The number of benzene rings is 1. The minimum absolute atomic E-state index is 0.0617. The molecular weight excluding hydrogens is 628 g/mol. The van der Waals surface area contributed by atoms with Gasteiger partial charge >= 0.3 is 18.0 Å². The van der Waals surface area contributed by atoms with E-state index >= 15 is 0 Å². The van der Waals surface area contributed by atoms with Gasteiger partial charge in [-0.05, 0) is 70.4 Å². The number of amides is 4. The minimum atomic E-state index is -1.41. The van der Waals surface area contributed by atoms with Crippen molar-refractivity contribution in [2.24, 2.45) is 11.8 Å². The molecule has 1 aliphatic carbocycles. The zero-order chi connectivity index (χ0) is 34.6. The number of carbonyl (C=O) groups is 6. The van der Waals surface area contributed by atoms with Crippen LogP contribution in [0.5, 0.6) is 0 Å². The van der Waals surface area contributed by atoms with Crippen LogP contribution in [0.2, 0.25) is 0 Å². The summed E-state index contributed by atoms with van der Waals surface area (Å²) in [5, 5.41) is 10.9. The molecule has 1 aromatic rings. The number of alkyl carbamates (subject to hydrolysis) is 1. The molecule has 0 bridgehead atoms. The Hall–Kier alpha value is -4.07. The third-order valence-corrected chi connectivity index (χ3v) is 8.30. The predicted molar refractivity (Wildman–Crippen MR) is 175 cm³/mol. The van der Waals surface area contributed by atoms with Crippen LogP contribution in [-0.2, 0) is 44.8 Å². The summed E-state index contributed by atoms with van der Waals surface area (Å²) in [5.41, 5.74) is -1.10. The minimum Gasteiger partial charge on any atom is -0.463 e. The Morgan fingerprint density at radius 3 is 2.40 bits per heavy atom. The van der Waals surface area contributed by atoms with Gasteiger partial charge in [0, 0.05) is 18.5 Å². The van der Waals surface area contributed by atoms with E-state index in [1.165, 1.54) is 17.8 Å². The van der Waals surface area contributed by atoms with Crippen LogP contribution in [0.3, 0.4) is 0 Å². The van der Waals surface area contributed by atoms with E-state index in [0.29, 0.717) is 25.1 Å². The zero-order valence-electron chi connectivity index (χ0n) is 27.6. The summed E-state index contributed by atoms with van der Waals surface area (Å²) in [5.74, 6) is -2.84. The van der Waals surface area contributed by atoms with Crippen molar-refractivity contribution < 1.29 is 43.0 Å². The highest BCUT2D eigenvalue weighted by atomic mass is 32.2. The fourth-order valence-electron chi connectivity index (χ4n) is 5.35. The normalized spacial score (nSPS) is 21.6. The molecule has 4 amide bonds. The first-order chi connectivity index (χ1) is 22.3.